The summed E-state index contributed by atoms with van der Waals surface area (Å²) >= 11 is 0. The average molecular weight is 191 g/mol. The van der Waals surface area contributed by atoms with E-state index >= 15 is 0 Å². The van der Waals surface area contributed by atoms with Crippen LogP contribution in [0.3, 0.4) is 0 Å². The van der Waals surface area contributed by atoms with E-state index < -0.39 is 0 Å². The molecule has 74 valence electrons. The van der Waals surface area contributed by atoms with Crippen molar-refractivity contribution in [2.24, 2.45) is 5.18 Å². The zero-order chi connectivity index (χ0) is 9.80. The normalized spacial score (nSPS) is 16.7. The van der Waals surface area contributed by atoms with E-state index in [1.807, 2.05) is 18.2 Å². The van der Waals surface area contributed by atoms with Gasteiger partial charge in [-0.3, -0.25) is 0 Å². The summed E-state index contributed by atoms with van der Waals surface area (Å²) in [5.41, 5.74) is 1.48. The third kappa shape index (κ3) is 1.75. The fourth-order valence-corrected chi connectivity index (χ4v) is 1.71. The van der Waals surface area contributed by atoms with Crippen LogP contribution in [-0.4, -0.2) is 26.2 Å². The van der Waals surface area contributed by atoms with Crippen LogP contribution in [-0.2, 0) is 0 Å². The van der Waals surface area contributed by atoms with Crippen LogP contribution in [0.25, 0.3) is 0 Å². The standard InChI is InChI=1S/C10H13N3O/c14-12-9-3-1-2-4-10(9)13-7-5-11-6-8-13/h1-4,11H,5-8H2. The monoisotopic (exact) mass is 191 g/mol. The molecule has 0 saturated carbocycles. The van der Waals surface area contributed by atoms with Crippen LogP contribution in [0, 0.1) is 4.91 Å². The summed E-state index contributed by atoms with van der Waals surface area (Å²) in [5, 5.41) is 6.31. The summed E-state index contributed by atoms with van der Waals surface area (Å²) in [6.45, 7) is 3.81. The predicted molar refractivity (Wildman–Crippen MR) is 57.0 cm³/mol. The fourth-order valence-electron chi connectivity index (χ4n) is 1.71. The molecule has 0 aliphatic carbocycles. The molecule has 0 atom stereocenters. The highest BCUT2D eigenvalue weighted by molar-refractivity contribution is 5.66. The average Bonchev–Trinajstić information content (AvgIpc) is 2.30. The lowest BCUT2D eigenvalue weighted by atomic mass is 10.2. The largest absolute Gasteiger partial charge is 0.367 e. The number of rotatable bonds is 2. The third-order valence-corrected chi connectivity index (χ3v) is 2.44. The molecule has 4 nitrogen and oxygen atoms in total. The molecule has 0 unspecified atom stereocenters. The molecule has 0 amide bonds. The number of anilines is 1. The minimum absolute atomic E-state index is 0.536. The first-order chi connectivity index (χ1) is 6.92. The molecule has 0 aromatic heterocycles. The quantitative estimate of drug-likeness (QED) is 0.720. The Morgan fingerprint density at radius 3 is 2.64 bits per heavy atom. The van der Waals surface area contributed by atoms with Gasteiger partial charge in [0.05, 0.1) is 5.69 Å². The van der Waals surface area contributed by atoms with E-state index in [2.05, 4.69) is 15.4 Å². The molecule has 1 aromatic rings. The Bertz CT molecular complexity index is 321. The van der Waals surface area contributed by atoms with Crippen molar-refractivity contribution in [1.82, 2.24) is 5.32 Å². The molecule has 4 heteroatoms. The first-order valence-corrected chi connectivity index (χ1v) is 4.80. The first kappa shape index (κ1) is 9.15. The summed E-state index contributed by atoms with van der Waals surface area (Å²) in [5.74, 6) is 0. The molecule has 1 N–H and O–H groups in total. The van der Waals surface area contributed by atoms with Crippen molar-refractivity contribution < 1.29 is 0 Å². The minimum atomic E-state index is 0.536. The van der Waals surface area contributed by atoms with Crippen molar-refractivity contribution in [3.8, 4) is 0 Å². The molecule has 1 fully saturated rings. The number of benzene rings is 1. The molecule has 1 aliphatic heterocycles. The third-order valence-electron chi connectivity index (χ3n) is 2.44. The Morgan fingerprint density at radius 1 is 1.21 bits per heavy atom. The fraction of sp³-hybridized carbons (Fsp3) is 0.400. The van der Waals surface area contributed by atoms with E-state index in [-0.39, 0.29) is 0 Å². The van der Waals surface area contributed by atoms with Crippen LogP contribution in [0.15, 0.2) is 29.4 Å². The van der Waals surface area contributed by atoms with E-state index in [1.165, 1.54) is 0 Å². The molecule has 0 radical (unpaired) electrons. The molecule has 2 rings (SSSR count). The Labute approximate surface area is 82.9 Å². The predicted octanol–water partition coefficient (Wildman–Crippen LogP) is 1.49. The highest BCUT2D eigenvalue weighted by Gasteiger charge is 2.13. The summed E-state index contributed by atoms with van der Waals surface area (Å²) in [7, 11) is 0. The zero-order valence-electron chi connectivity index (χ0n) is 7.94. The number of piperazine rings is 1. The van der Waals surface area contributed by atoms with Crippen molar-refractivity contribution in [2.75, 3.05) is 31.1 Å². The molecular weight excluding hydrogens is 178 g/mol. The number of nitroso groups, excluding NO2 is 1. The second-order valence-electron chi connectivity index (χ2n) is 3.32. The summed E-state index contributed by atoms with van der Waals surface area (Å²) in [6.07, 6.45) is 0. The molecule has 14 heavy (non-hydrogen) atoms. The number of nitrogens with one attached hydrogen (secondary N) is 1. The number of hydrogen-bond donors (Lipinski definition) is 1. The zero-order valence-corrected chi connectivity index (χ0v) is 7.94. The first-order valence-electron chi connectivity index (χ1n) is 4.80. The topological polar surface area (TPSA) is 44.7 Å². The van der Waals surface area contributed by atoms with Crippen LogP contribution >= 0.6 is 0 Å². The molecule has 1 aromatic carbocycles. The summed E-state index contributed by atoms with van der Waals surface area (Å²) < 4.78 is 0. The van der Waals surface area contributed by atoms with Gasteiger partial charge in [-0.25, -0.2) is 0 Å². The molecule has 1 saturated heterocycles. The number of hydrogen-bond acceptors (Lipinski definition) is 4. The van der Waals surface area contributed by atoms with Gasteiger partial charge in [0, 0.05) is 26.2 Å². The van der Waals surface area contributed by atoms with Gasteiger partial charge in [0.2, 0.25) is 0 Å². The molecule has 0 spiro atoms. The van der Waals surface area contributed by atoms with E-state index in [0.29, 0.717) is 5.69 Å². The Morgan fingerprint density at radius 2 is 1.93 bits per heavy atom. The number of nitrogens with zero attached hydrogens (tertiary/aromatic N) is 2. The Hall–Kier alpha value is -1.42. The highest BCUT2D eigenvalue weighted by Crippen LogP contribution is 2.27. The van der Waals surface area contributed by atoms with E-state index in [1.54, 1.807) is 6.07 Å². The van der Waals surface area contributed by atoms with Crippen LogP contribution in [0.2, 0.25) is 0 Å². The smallest absolute Gasteiger partial charge is 0.131 e. The van der Waals surface area contributed by atoms with Gasteiger partial charge in [-0.05, 0) is 17.3 Å². The second kappa shape index (κ2) is 4.19. The van der Waals surface area contributed by atoms with Gasteiger partial charge in [0.25, 0.3) is 0 Å². The van der Waals surface area contributed by atoms with Crippen molar-refractivity contribution >= 4 is 11.4 Å². The van der Waals surface area contributed by atoms with Crippen molar-refractivity contribution in [3.63, 3.8) is 0 Å². The molecular formula is C10H13N3O. The van der Waals surface area contributed by atoms with Crippen molar-refractivity contribution in [2.45, 2.75) is 0 Å². The maximum absolute atomic E-state index is 10.6. The lowest BCUT2D eigenvalue weighted by Crippen LogP contribution is -2.43. The van der Waals surface area contributed by atoms with E-state index in [9.17, 15) is 4.91 Å². The highest BCUT2D eigenvalue weighted by atomic mass is 16.3. The number of para-hydroxylation sites is 1. The van der Waals surface area contributed by atoms with Gasteiger partial charge in [0.15, 0.2) is 0 Å². The lowest BCUT2D eigenvalue weighted by Gasteiger charge is -2.29. The SMILES string of the molecule is O=Nc1ccccc1N1CCNCC1. The molecule has 1 aliphatic rings. The summed E-state index contributed by atoms with van der Waals surface area (Å²) in [4.78, 5) is 12.8. The minimum Gasteiger partial charge on any atom is -0.367 e. The van der Waals surface area contributed by atoms with Crippen LogP contribution < -0.4 is 10.2 Å². The lowest BCUT2D eigenvalue weighted by molar-refractivity contribution is 0.589. The van der Waals surface area contributed by atoms with Gasteiger partial charge in [-0.1, -0.05) is 12.1 Å². The molecule has 1 heterocycles. The van der Waals surface area contributed by atoms with Crippen molar-refractivity contribution in [1.29, 1.82) is 0 Å². The van der Waals surface area contributed by atoms with Crippen LogP contribution in [0.1, 0.15) is 0 Å². The van der Waals surface area contributed by atoms with Gasteiger partial charge < -0.3 is 10.2 Å². The van der Waals surface area contributed by atoms with E-state index in [4.69, 9.17) is 0 Å². The van der Waals surface area contributed by atoms with Gasteiger partial charge in [-0.2, -0.15) is 0 Å². The van der Waals surface area contributed by atoms with Crippen LogP contribution in [0.4, 0.5) is 11.4 Å². The maximum Gasteiger partial charge on any atom is 0.131 e. The Kier molecular flexibility index (Phi) is 2.74. The molecule has 0 bridgehead atoms. The summed E-state index contributed by atoms with van der Waals surface area (Å²) in [6, 6.07) is 7.47. The van der Waals surface area contributed by atoms with Crippen LogP contribution in [0.5, 0.6) is 0 Å². The van der Waals surface area contributed by atoms with Gasteiger partial charge >= 0.3 is 0 Å². The van der Waals surface area contributed by atoms with Crippen molar-refractivity contribution in [3.05, 3.63) is 29.2 Å². The second-order valence-corrected chi connectivity index (χ2v) is 3.32. The van der Waals surface area contributed by atoms with Gasteiger partial charge in [0.1, 0.15) is 5.69 Å². The van der Waals surface area contributed by atoms with Gasteiger partial charge in [-0.15, -0.1) is 4.91 Å². The maximum atomic E-state index is 10.6. The van der Waals surface area contributed by atoms with E-state index in [0.717, 1.165) is 31.9 Å². The Balaban J connectivity index is 2.24.